The van der Waals surface area contributed by atoms with Gasteiger partial charge in [0.05, 0.1) is 38.8 Å². The molecule has 0 bridgehead atoms. The lowest BCUT2D eigenvalue weighted by molar-refractivity contribution is 0.952. The maximum absolute atomic E-state index is 5.96. The van der Waals surface area contributed by atoms with Gasteiger partial charge in [-0.3, -0.25) is 9.13 Å². The van der Waals surface area contributed by atoms with E-state index in [4.69, 9.17) is 9.97 Å². The van der Waals surface area contributed by atoms with Crippen molar-refractivity contribution in [3.05, 3.63) is 346 Å². The van der Waals surface area contributed by atoms with E-state index < -0.39 is 20.1 Å². The molecular weight excluding hydrogens is 1120 g/mol. The molecule has 422 valence electrons. The zero-order valence-electron chi connectivity index (χ0n) is 48.5. The largest absolute Gasteiger partial charge is 0.309 e. The monoisotopic (exact) mass is 1180 g/mol. The van der Waals surface area contributed by atoms with Crippen molar-refractivity contribution in [2.45, 2.75) is 39.2 Å². The molecule has 0 saturated heterocycles. The van der Waals surface area contributed by atoms with Gasteiger partial charge in [-0.25, -0.2) is 4.98 Å². The molecule has 0 atom stereocenters. The molecule has 17 aromatic rings. The highest BCUT2D eigenvalue weighted by molar-refractivity contribution is 8.34. The third-order valence-electron chi connectivity index (χ3n) is 17.7. The Hall–Kier alpha value is -11.0. The molecule has 7 heteroatoms. The maximum atomic E-state index is 5.96. The standard InChI is InChI=1S/C82H57N5S2/c1-8-28-59(29-9-1)85-76-47-27-24-44-72(76)80-77(85)55-54-71-69-43-23-26-46-75(69)87(81(71)80)79-57-73(58-48-50-66(51-49-58)88(60-30-10-2-11-31-60,61-32-12-3-13-33-61)62-34-14-4-15-35-62)83-82(84-79)86-74-45-25-22-42-68(74)70-53-52-67(56-78(70)86)89(63-36-16-5-17-37-63,64-38-18-6-19-39-64)65-40-20-7-21-41-65/h1-57H. The Morgan fingerprint density at radius 3 is 1.11 bits per heavy atom. The highest BCUT2D eigenvalue weighted by Gasteiger charge is 2.36. The Balaban J connectivity index is 0.974. The number of hydrogen-bond donors (Lipinski definition) is 0. The van der Waals surface area contributed by atoms with Crippen LogP contribution in [0.5, 0.6) is 0 Å². The number of fused-ring (bicyclic) bond motifs is 10. The fraction of sp³-hybridized carbons (Fsp3) is 0. The predicted molar refractivity (Wildman–Crippen MR) is 370 cm³/mol. The summed E-state index contributed by atoms with van der Waals surface area (Å²) in [7, 11) is -4.04. The van der Waals surface area contributed by atoms with Crippen LogP contribution in [0.25, 0.3) is 94.1 Å². The van der Waals surface area contributed by atoms with Crippen LogP contribution in [-0.2, 0) is 0 Å². The van der Waals surface area contributed by atoms with Crippen LogP contribution >= 0.6 is 20.1 Å². The quantitative estimate of drug-likeness (QED) is 0.122. The molecule has 0 aliphatic carbocycles. The smallest absolute Gasteiger partial charge is 0.237 e. The Kier molecular flexibility index (Phi) is 12.6. The van der Waals surface area contributed by atoms with Gasteiger partial charge in [-0.05, 0) is 133 Å². The first-order chi connectivity index (χ1) is 44.2. The maximum Gasteiger partial charge on any atom is 0.237 e. The van der Waals surface area contributed by atoms with E-state index in [1.54, 1.807) is 0 Å². The first kappa shape index (κ1) is 52.4. The summed E-state index contributed by atoms with van der Waals surface area (Å²) >= 11 is 0. The summed E-state index contributed by atoms with van der Waals surface area (Å²) in [6.07, 6.45) is 0. The van der Waals surface area contributed by atoms with Crippen LogP contribution in [0.4, 0.5) is 0 Å². The first-order valence-corrected chi connectivity index (χ1v) is 33.5. The summed E-state index contributed by atoms with van der Waals surface area (Å²) in [5, 5.41) is 6.89. The average molecular weight is 1180 g/mol. The molecule has 0 unspecified atom stereocenters. The summed E-state index contributed by atoms with van der Waals surface area (Å²) in [6, 6.07) is 127. The van der Waals surface area contributed by atoms with Crippen molar-refractivity contribution >= 4 is 85.5 Å². The van der Waals surface area contributed by atoms with Crippen LogP contribution in [0.15, 0.2) is 385 Å². The molecule has 0 saturated carbocycles. The molecule has 17 rings (SSSR count). The van der Waals surface area contributed by atoms with Crippen molar-refractivity contribution < 1.29 is 0 Å². The number of para-hydroxylation sites is 4. The fourth-order valence-corrected chi connectivity index (χ4v) is 21.7. The Morgan fingerprint density at radius 1 is 0.236 bits per heavy atom. The summed E-state index contributed by atoms with van der Waals surface area (Å²) in [5.41, 5.74) is 9.36. The van der Waals surface area contributed by atoms with E-state index in [0.717, 1.165) is 82.8 Å². The Bertz CT molecular complexity index is 5270. The van der Waals surface area contributed by atoms with E-state index in [9.17, 15) is 0 Å². The highest BCUT2D eigenvalue weighted by atomic mass is 32.3. The van der Waals surface area contributed by atoms with E-state index in [1.807, 2.05) is 0 Å². The average Bonchev–Trinajstić information content (AvgIpc) is 1.66. The molecule has 0 fully saturated rings. The van der Waals surface area contributed by atoms with Crippen molar-refractivity contribution in [3.8, 4) is 28.7 Å². The summed E-state index contributed by atoms with van der Waals surface area (Å²) in [4.78, 5) is 21.8. The van der Waals surface area contributed by atoms with E-state index >= 15 is 0 Å². The predicted octanol–water partition coefficient (Wildman–Crippen LogP) is 22.1. The van der Waals surface area contributed by atoms with Gasteiger partial charge in [0.25, 0.3) is 0 Å². The van der Waals surface area contributed by atoms with Crippen molar-refractivity contribution in [2.75, 3.05) is 0 Å². The third-order valence-corrected chi connectivity index (χ3v) is 25.5. The van der Waals surface area contributed by atoms with Crippen molar-refractivity contribution in [2.24, 2.45) is 0 Å². The van der Waals surface area contributed by atoms with Crippen LogP contribution in [-0.4, -0.2) is 23.7 Å². The van der Waals surface area contributed by atoms with Crippen LogP contribution < -0.4 is 0 Å². The van der Waals surface area contributed by atoms with Crippen LogP contribution in [0.1, 0.15) is 0 Å². The van der Waals surface area contributed by atoms with Gasteiger partial charge in [-0.1, -0.05) is 206 Å². The molecule has 0 N–H and O–H groups in total. The van der Waals surface area contributed by atoms with Gasteiger partial charge in [-0.15, -0.1) is 20.1 Å². The third kappa shape index (κ3) is 8.20. The van der Waals surface area contributed by atoms with E-state index in [1.165, 1.54) is 44.6 Å². The van der Waals surface area contributed by atoms with E-state index in [2.05, 4.69) is 359 Å². The molecule has 5 nitrogen and oxygen atoms in total. The van der Waals surface area contributed by atoms with Crippen molar-refractivity contribution in [1.29, 1.82) is 0 Å². The number of rotatable bonds is 12. The van der Waals surface area contributed by atoms with Gasteiger partial charge in [0.1, 0.15) is 5.82 Å². The van der Waals surface area contributed by atoms with E-state index in [0.29, 0.717) is 5.95 Å². The molecule has 0 spiro atoms. The van der Waals surface area contributed by atoms with E-state index in [-0.39, 0.29) is 0 Å². The SMILES string of the molecule is c1ccc(-n2c3ccccc3c3c2ccc2c4ccccc4n(-c4cc(-c5ccc(S(c6ccccc6)(c6ccccc6)c6ccccc6)cc5)nc(-n5c6ccccc6c6ccc(S(c7ccccc7)(c7ccccc7)c7ccccc7)cc65)n4)c23)cc1. The number of nitrogens with zero attached hydrogens (tertiary/aromatic N) is 5. The fourth-order valence-electron chi connectivity index (χ4n) is 14.0. The summed E-state index contributed by atoms with van der Waals surface area (Å²) in [6.45, 7) is 0. The Morgan fingerprint density at radius 2 is 0.607 bits per heavy atom. The van der Waals surface area contributed by atoms with Crippen molar-refractivity contribution in [3.63, 3.8) is 0 Å². The summed E-state index contributed by atoms with van der Waals surface area (Å²) < 4.78 is 7.16. The molecule has 4 aromatic heterocycles. The minimum Gasteiger partial charge on any atom is -0.309 e. The number of hydrogen-bond acceptors (Lipinski definition) is 2. The minimum absolute atomic E-state index is 0.576. The molecule has 0 aliphatic rings. The Labute approximate surface area is 519 Å². The van der Waals surface area contributed by atoms with Crippen LogP contribution in [0.3, 0.4) is 0 Å². The molecule has 0 amide bonds. The number of aromatic nitrogens is 5. The van der Waals surface area contributed by atoms with Gasteiger partial charge in [0, 0.05) is 88.8 Å². The normalized spacial score (nSPS) is 12.4. The molecular formula is C82H57N5S2. The molecule has 89 heavy (non-hydrogen) atoms. The molecule has 4 heterocycles. The van der Waals surface area contributed by atoms with Gasteiger partial charge >= 0.3 is 0 Å². The second-order valence-electron chi connectivity index (χ2n) is 22.5. The lowest BCUT2D eigenvalue weighted by atomic mass is 10.1. The van der Waals surface area contributed by atoms with Gasteiger partial charge in [0.2, 0.25) is 5.95 Å². The molecule has 0 aliphatic heterocycles. The number of benzene rings is 13. The van der Waals surface area contributed by atoms with Gasteiger partial charge in [-0.2, -0.15) is 4.98 Å². The van der Waals surface area contributed by atoms with Crippen molar-refractivity contribution in [1.82, 2.24) is 23.7 Å². The second kappa shape index (κ2) is 21.5. The zero-order valence-corrected chi connectivity index (χ0v) is 50.1. The first-order valence-electron chi connectivity index (χ1n) is 30.2. The van der Waals surface area contributed by atoms with Gasteiger partial charge in [0.15, 0.2) is 0 Å². The minimum atomic E-state index is -2.07. The highest BCUT2D eigenvalue weighted by Crippen LogP contribution is 2.75. The molecule has 13 aromatic carbocycles. The lowest BCUT2D eigenvalue weighted by Crippen LogP contribution is -2.08. The van der Waals surface area contributed by atoms with Crippen LogP contribution in [0.2, 0.25) is 0 Å². The van der Waals surface area contributed by atoms with Gasteiger partial charge < -0.3 is 4.57 Å². The molecule has 0 radical (unpaired) electrons. The summed E-state index contributed by atoms with van der Waals surface area (Å²) in [5.74, 6) is 1.34. The second-order valence-corrected chi connectivity index (χ2v) is 28.7. The zero-order chi connectivity index (χ0) is 58.9. The topological polar surface area (TPSA) is 40.6 Å². The van der Waals surface area contributed by atoms with Crippen LogP contribution in [0, 0.1) is 0 Å². The lowest BCUT2D eigenvalue weighted by Gasteiger charge is -2.42.